The molecule has 0 amide bonds. The summed E-state index contributed by atoms with van der Waals surface area (Å²) in [6, 6.07) is 1.29. The van der Waals surface area contributed by atoms with Crippen LogP contribution in [0, 0.1) is 0 Å². The summed E-state index contributed by atoms with van der Waals surface area (Å²) >= 11 is 0. The number of anilines is 3. The summed E-state index contributed by atoms with van der Waals surface area (Å²) < 4.78 is 38.7. The molecule has 2 aromatic rings. The Morgan fingerprint density at radius 2 is 1.68 bits per heavy atom. The lowest BCUT2D eigenvalue weighted by molar-refractivity contribution is 0.0746. The average Bonchev–Trinajstić information content (AvgIpc) is 2.73. The lowest BCUT2D eigenvalue weighted by atomic mass is 10.1. The highest BCUT2D eigenvalue weighted by molar-refractivity contribution is 5.73. The maximum Gasteiger partial charge on any atom is 0.264 e. The summed E-state index contributed by atoms with van der Waals surface area (Å²) in [5, 5.41) is 0. The van der Waals surface area contributed by atoms with Gasteiger partial charge in [0.25, 0.3) is 6.43 Å². The molecule has 2 saturated heterocycles. The van der Waals surface area contributed by atoms with E-state index >= 15 is 0 Å². The largest absolute Gasteiger partial charge is 0.383 e. The van der Waals surface area contributed by atoms with Gasteiger partial charge in [0.05, 0.1) is 50.1 Å². The number of hydrogen-bond donors (Lipinski definition) is 1. The summed E-state index contributed by atoms with van der Waals surface area (Å²) in [6.45, 7) is 8.71. The molecule has 0 bridgehead atoms. The van der Waals surface area contributed by atoms with Crippen molar-refractivity contribution in [3.8, 4) is 11.4 Å². The van der Waals surface area contributed by atoms with Gasteiger partial charge in [0.15, 0.2) is 5.82 Å². The van der Waals surface area contributed by atoms with Crippen LogP contribution < -0.4 is 15.5 Å². The second kappa shape index (κ2) is 8.83. The molecule has 2 N–H and O–H groups in total. The van der Waals surface area contributed by atoms with E-state index in [0.29, 0.717) is 44.9 Å². The van der Waals surface area contributed by atoms with Gasteiger partial charge in [-0.1, -0.05) is 0 Å². The van der Waals surface area contributed by atoms with Crippen LogP contribution in [-0.2, 0) is 9.47 Å². The van der Waals surface area contributed by atoms with E-state index < -0.39 is 6.43 Å². The number of ether oxygens (including phenoxy) is 2. The molecule has 0 spiro atoms. The Morgan fingerprint density at radius 1 is 1.00 bits per heavy atom. The number of hydrogen-bond acceptors (Lipinski definition) is 9. The maximum absolute atomic E-state index is 13.8. The second-order valence-corrected chi connectivity index (χ2v) is 7.98. The molecule has 0 saturated carbocycles. The summed E-state index contributed by atoms with van der Waals surface area (Å²) in [6.07, 6.45) is -1.48. The van der Waals surface area contributed by atoms with Crippen LogP contribution in [0.3, 0.4) is 0 Å². The van der Waals surface area contributed by atoms with Gasteiger partial charge >= 0.3 is 0 Å². The molecule has 3 atom stereocenters. The first kappa shape index (κ1) is 21.6. The van der Waals surface area contributed by atoms with E-state index in [0.717, 1.165) is 0 Å². The number of alkyl halides is 2. The van der Waals surface area contributed by atoms with Crippen molar-refractivity contribution >= 4 is 17.7 Å². The van der Waals surface area contributed by atoms with Gasteiger partial charge in [-0.05, 0) is 26.8 Å². The molecule has 0 aliphatic carbocycles. The smallest absolute Gasteiger partial charge is 0.264 e. The van der Waals surface area contributed by atoms with E-state index in [1.807, 2.05) is 30.6 Å². The molecule has 4 rings (SSSR count). The highest BCUT2D eigenvalue weighted by Gasteiger charge is 2.31. The van der Waals surface area contributed by atoms with Crippen LogP contribution in [0.2, 0.25) is 0 Å². The molecule has 2 aromatic heterocycles. The average molecular weight is 435 g/mol. The molecule has 168 valence electrons. The summed E-state index contributed by atoms with van der Waals surface area (Å²) in [5.74, 6) is 0.861. The Bertz CT molecular complexity index is 922. The van der Waals surface area contributed by atoms with Crippen molar-refractivity contribution < 1.29 is 18.3 Å². The van der Waals surface area contributed by atoms with E-state index in [4.69, 9.17) is 20.2 Å². The summed E-state index contributed by atoms with van der Waals surface area (Å²) in [7, 11) is 0. The summed E-state index contributed by atoms with van der Waals surface area (Å²) in [4.78, 5) is 21.9. The molecular formula is C20H27F2N7O2. The number of halogens is 2. The molecule has 4 heterocycles. The minimum atomic E-state index is -2.74. The lowest BCUT2D eigenvalue weighted by Crippen LogP contribution is -2.51. The Hall–Kier alpha value is -2.66. The predicted molar refractivity (Wildman–Crippen MR) is 112 cm³/mol. The molecule has 11 heteroatoms. The normalized spacial score (nSPS) is 24.6. The first-order valence-corrected chi connectivity index (χ1v) is 10.4. The fourth-order valence-electron chi connectivity index (χ4n) is 4.05. The number of nitrogen functional groups attached to an aromatic ring is 1. The second-order valence-electron chi connectivity index (χ2n) is 7.98. The van der Waals surface area contributed by atoms with E-state index in [2.05, 4.69) is 15.0 Å². The third-order valence-corrected chi connectivity index (χ3v) is 5.61. The van der Waals surface area contributed by atoms with Crippen LogP contribution in [0.1, 0.15) is 32.8 Å². The number of pyridine rings is 1. The van der Waals surface area contributed by atoms with Crippen molar-refractivity contribution in [1.82, 2.24) is 19.9 Å². The maximum atomic E-state index is 13.8. The van der Waals surface area contributed by atoms with Crippen molar-refractivity contribution in [2.75, 3.05) is 48.5 Å². The molecule has 2 aliphatic rings. The molecule has 0 aromatic carbocycles. The highest BCUT2D eigenvalue weighted by atomic mass is 19.3. The van der Waals surface area contributed by atoms with Crippen molar-refractivity contribution in [3.05, 3.63) is 17.8 Å². The number of morpholine rings is 2. The topological polar surface area (TPSA) is 103 Å². The first-order valence-electron chi connectivity index (χ1n) is 10.4. The molecule has 0 radical (unpaired) electrons. The van der Waals surface area contributed by atoms with Gasteiger partial charge in [-0.25, -0.2) is 13.8 Å². The molecule has 0 unspecified atom stereocenters. The van der Waals surface area contributed by atoms with Gasteiger partial charge in [-0.2, -0.15) is 15.0 Å². The highest BCUT2D eigenvalue weighted by Crippen LogP contribution is 2.34. The van der Waals surface area contributed by atoms with E-state index in [1.54, 1.807) is 0 Å². The SMILES string of the molecule is C[C@@H]1COCCN1c1nc(-c2c(C(F)F)ccnc2N)nc(N2[C@H](C)COC[C@@H]2C)n1. The number of rotatable bonds is 4. The Morgan fingerprint density at radius 3 is 2.35 bits per heavy atom. The van der Waals surface area contributed by atoms with Crippen molar-refractivity contribution in [2.45, 2.75) is 45.3 Å². The Kier molecular flexibility index (Phi) is 6.15. The van der Waals surface area contributed by atoms with Crippen molar-refractivity contribution in [1.29, 1.82) is 0 Å². The van der Waals surface area contributed by atoms with Crippen LogP contribution in [0.5, 0.6) is 0 Å². The minimum Gasteiger partial charge on any atom is -0.383 e. The molecule has 2 fully saturated rings. The quantitative estimate of drug-likeness (QED) is 0.775. The monoisotopic (exact) mass is 435 g/mol. The Labute approximate surface area is 179 Å². The van der Waals surface area contributed by atoms with Crippen LogP contribution >= 0.6 is 0 Å². The van der Waals surface area contributed by atoms with Crippen molar-refractivity contribution in [3.63, 3.8) is 0 Å². The van der Waals surface area contributed by atoms with Crippen LogP contribution in [0.25, 0.3) is 11.4 Å². The van der Waals surface area contributed by atoms with Crippen molar-refractivity contribution in [2.24, 2.45) is 0 Å². The third-order valence-electron chi connectivity index (χ3n) is 5.61. The Balaban J connectivity index is 1.89. The van der Waals surface area contributed by atoms with Gasteiger partial charge in [0.2, 0.25) is 11.9 Å². The molecule has 2 aliphatic heterocycles. The standard InChI is InChI=1S/C20H27F2N7O2/c1-11-8-30-7-6-28(11)19-25-18(15-14(16(21)22)4-5-24-17(15)23)26-20(27-19)29-12(2)9-31-10-13(29)3/h4-5,11-13,16H,6-10H2,1-3H3,(H2,23,24)/t11-,12-,13+/m1/s1. The number of aromatic nitrogens is 4. The van der Waals surface area contributed by atoms with Crippen LogP contribution in [0.15, 0.2) is 12.3 Å². The molecule has 9 nitrogen and oxygen atoms in total. The fraction of sp³-hybridized carbons (Fsp3) is 0.600. The zero-order valence-electron chi connectivity index (χ0n) is 17.8. The number of nitrogens with zero attached hydrogens (tertiary/aromatic N) is 6. The fourth-order valence-corrected chi connectivity index (χ4v) is 4.05. The van der Waals surface area contributed by atoms with Crippen LogP contribution in [0.4, 0.5) is 26.5 Å². The molecular weight excluding hydrogens is 408 g/mol. The molecule has 31 heavy (non-hydrogen) atoms. The minimum absolute atomic E-state index is 0.00905. The zero-order valence-corrected chi connectivity index (χ0v) is 17.8. The van der Waals surface area contributed by atoms with Crippen LogP contribution in [-0.4, -0.2) is 71.0 Å². The third kappa shape index (κ3) is 4.24. The lowest BCUT2D eigenvalue weighted by Gasteiger charge is -2.39. The predicted octanol–water partition coefficient (Wildman–Crippen LogP) is 2.29. The number of nitrogens with two attached hydrogens (primary N) is 1. The first-order chi connectivity index (χ1) is 14.9. The van der Waals surface area contributed by atoms with E-state index in [9.17, 15) is 8.78 Å². The van der Waals surface area contributed by atoms with Gasteiger partial charge in [0.1, 0.15) is 5.82 Å². The summed E-state index contributed by atoms with van der Waals surface area (Å²) in [5.41, 5.74) is 5.80. The van der Waals surface area contributed by atoms with Gasteiger partial charge in [0, 0.05) is 18.3 Å². The zero-order chi connectivity index (χ0) is 22.1. The van der Waals surface area contributed by atoms with Gasteiger partial charge in [-0.3, -0.25) is 0 Å². The van der Waals surface area contributed by atoms with E-state index in [-0.39, 0.29) is 40.9 Å². The van der Waals surface area contributed by atoms with Gasteiger partial charge < -0.3 is 25.0 Å². The van der Waals surface area contributed by atoms with Gasteiger partial charge in [-0.15, -0.1) is 0 Å². The van der Waals surface area contributed by atoms with E-state index in [1.165, 1.54) is 12.3 Å².